The van der Waals surface area contributed by atoms with Crippen LogP contribution in [0.4, 0.5) is 4.79 Å². The number of Topliss-reactive ketones (excluding diaryl/α,β-unsaturated/α-hetero) is 1. The Morgan fingerprint density at radius 1 is 1.06 bits per heavy atom. The molecule has 8 nitrogen and oxygen atoms in total. The smallest absolute Gasteiger partial charge is 0.407 e. The van der Waals surface area contributed by atoms with Gasteiger partial charge in [-0.1, -0.05) is 48.5 Å². The number of carbonyl (C=O) groups is 3. The molecule has 0 radical (unpaired) electrons. The number of nitrogens with zero attached hydrogens (tertiary/aromatic N) is 1. The van der Waals surface area contributed by atoms with Crippen molar-refractivity contribution in [3.8, 4) is 11.1 Å². The van der Waals surface area contributed by atoms with Crippen LogP contribution in [0.3, 0.4) is 0 Å². The van der Waals surface area contributed by atoms with Gasteiger partial charge in [-0.25, -0.2) is 15.1 Å². The van der Waals surface area contributed by atoms with E-state index in [1.165, 1.54) is 14.0 Å². The number of esters is 1. The Hall–Kier alpha value is -3.55. The van der Waals surface area contributed by atoms with Gasteiger partial charge in [0.2, 0.25) is 0 Å². The predicted molar refractivity (Wildman–Crippen MR) is 113 cm³/mol. The Morgan fingerprint density at radius 3 is 2.19 bits per heavy atom. The van der Waals surface area contributed by atoms with Gasteiger partial charge in [-0.2, -0.15) is 5.11 Å². The van der Waals surface area contributed by atoms with Gasteiger partial charge in [0.15, 0.2) is 5.78 Å². The van der Waals surface area contributed by atoms with Crippen molar-refractivity contribution in [1.82, 2.24) is 5.32 Å². The number of methoxy groups -OCH3 is 1. The summed E-state index contributed by atoms with van der Waals surface area (Å²) in [6, 6.07) is 14.2. The maximum absolute atomic E-state index is 12.4. The van der Waals surface area contributed by atoms with Crippen molar-refractivity contribution >= 4 is 17.8 Å². The molecule has 1 amide bonds. The summed E-state index contributed by atoms with van der Waals surface area (Å²) in [7, 11) is 1.21. The predicted octanol–water partition coefficient (Wildman–Crippen LogP) is 3.84. The van der Waals surface area contributed by atoms with E-state index in [2.05, 4.69) is 10.4 Å². The van der Waals surface area contributed by atoms with Crippen LogP contribution in [0.2, 0.25) is 0 Å². The van der Waals surface area contributed by atoms with E-state index in [1.807, 2.05) is 48.5 Å². The lowest BCUT2D eigenvalue weighted by molar-refractivity contribution is -0.143. The third kappa shape index (κ3) is 4.96. The average Bonchev–Trinajstić information content (AvgIpc) is 3.12. The zero-order valence-electron chi connectivity index (χ0n) is 17.5. The van der Waals surface area contributed by atoms with E-state index >= 15 is 0 Å². The fourth-order valence-corrected chi connectivity index (χ4v) is 3.74. The van der Waals surface area contributed by atoms with Gasteiger partial charge in [0.25, 0.3) is 0 Å². The van der Waals surface area contributed by atoms with Gasteiger partial charge in [-0.15, -0.1) is 0 Å². The van der Waals surface area contributed by atoms with Crippen molar-refractivity contribution in [2.24, 2.45) is 5.11 Å². The molecule has 0 bridgehead atoms. The maximum atomic E-state index is 12.4. The Morgan fingerprint density at radius 2 is 1.65 bits per heavy atom. The van der Waals surface area contributed by atoms with E-state index in [1.54, 1.807) is 0 Å². The lowest BCUT2D eigenvalue weighted by atomic mass is 9.98. The second-order valence-corrected chi connectivity index (χ2v) is 7.36. The van der Waals surface area contributed by atoms with Gasteiger partial charge < -0.3 is 14.8 Å². The lowest BCUT2D eigenvalue weighted by Gasteiger charge is -2.18. The number of hydrogen-bond acceptors (Lipinski definition) is 7. The summed E-state index contributed by atoms with van der Waals surface area (Å²) in [5.41, 5.74) is 11.3. The monoisotopic (exact) mass is 423 g/mol. The summed E-state index contributed by atoms with van der Waals surface area (Å²) in [4.78, 5) is 36.3. The van der Waals surface area contributed by atoms with Crippen molar-refractivity contribution in [3.05, 3.63) is 59.7 Å². The second kappa shape index (κ2) is 9.97. The van der Waals surface area contributed by atoms with Crippen LogP contribution in [0, 0.1) is 5.53 Å². The molecule has 2 aromatic rings. The van der Waals surface area contributed by atoms with E-state index < -0.39 is 24.1 Å². The highest BCUT2D eigenvalue weighted by Gasteiger charge is 2.30. The molecule has 162 valence electrons. The number of fused-ring (bicyclic) bond motifs is 3. The molecule has 0 aliphatic heterocycles. The Balaban J connectivity index is 1.63. The first kappa shape index (κ1) is 22.1. The molecule has 0 saturated heterocycles. The molecule has 1 unspecified atom stereocenters. The zero-order valence-corrected chi connectivity index (χ0v) is 17.5. The molecule has 0 heterocycles. The average molecular weight is 423 g/mol. The normalized spacial score (nSPS) is 14.0. The quantitative estimate of drug-likeness (QED) is 0.469. The van der Waals surface area contributed by atoms with Crippen LogP contribution in [-0.4, -0.2) is 43.6 Å². The standard InChI is InChI=1S/C23H25N3O5/c1-14(26-24)21(27)12-11-20(22(28)30-2)25-23(29)31-13-19-17-9-5-3-7-15(17)16-8-4-6-10-18(16)19/h3-10,14,19-20,24H,11-13H2,1-2H3,(H,25,29)/t14?,20-/m0/s1. The lowest BCUT2D eigenvalue weighted by Crippen LogP contribution is -2.42. The molecule has 1 aliphatic carbocycles. The molecule has 2 aromatic carbocycles. The minimum Gasteiger partial charge on any atom is -0.467 e. The third-order valence-electron chi connectivity index (χ3n) is 5.46. The fourth-order valence-electron chi connectivity index (χ4n) is 3.74. The minimum absolute atomic E-state index is 0.0209. The first-order valence-corrected chi connectivity index (χ1v) is 10.0. The van der Waals surface area contributed by atoms with Crippen molar-refractivity contribution in [2.75, 3.05) is 13.7 Å². The van der Waals surface area contributed by atoms with Crippen molar-refractivity contribution in [3.63, 3.8) is 0 Å². The number of ether oxygens (including phenoxy) is 2. The molecule has 3 rings (SSSR count). The van der Waals surface area contributed by atoms with Crippen LogP contribution < -0.4 is 5.32 Å². The summed E-state index contributed by atoms with van der Waals surface area (Å²) in [6.45, 7) is 1.61. The van der Waals surface area contributed by atoms with E-state index in [0.717, 1.165) is 22.3 Å². The number of hydrogen-bond donors (Lipinski definition) is 2. The molecule has 2 atom stereocenters. The SMILES string of the molecule is COC(=O)[C@H](CCC(=O)C(C)N=N)NC(=O)OCC1c2ccccc2-c2ccccc21. The summed E-state index contributed by atoms with van der Waals surface area (Å²) in [6.07, 6.45) is -0.745. The van der Waals surface area contributed by atoms with Gasteiger partial charge in [0.1, 0.15) is 18.7 Å². The number of rotatable bonds is 9. The zero-order chi connectivity index (χ0) is 22.4. The molecule has 31 heavy (non-hydrogen) atoms. The van der Waals surface area contributed by atoms with Gasteiger partial charge >= 0.3 is 12.1 Å². The van der Waals surface area contributed by atoms with E-state index in [-0.39, 0.29) is 31.1 Å². The van der Waals surface area contributed by atoms with Crippen molar-refractivity contribution < 1.29 is 23.9 Å². The van der Waals surface area contributed by atoms with Gasteiger partial charge in [0.05, 0.1) is 7.11 Å². The fraction of sp³-hybridized carbons (Fsp3) is 0.348. The molecular weight excluding hydrogens is 398 g/mol. The molecule has 0 fully saturated rings. The molecule has 8 heteroatoms. The molecular formula is C23H25N3O5. The number of benzene rings is 2. The maximum Gasteiger partial charge on any atom is 0.407 e. The number of alkyl carbamates (subject to hydrolysis) is 1. The van der Waals surface area contributed by atoms with Crippen LogP contribution in [0.1, 0.15) is 36.8 Å². The van der Waals surface area contributed by atoms with Crippen LogP contribution in [0.5, 0.6) is 0 Å². The summed E-state index contributed by atoms with van der Waals surface area (Å²) >= 11 is 0. The Kier molecular flexibility index (Phi) is 7.12. The number of nitrogens with one attached hydrogen (secondary N) is 2. The largest absolute Gasteiger partial charge is 0.467 e. The first-order valence-electron chi connectivity index (χ1n) is 10.0. The summed E-state index contributed by atoms with van der Waals surface area (Å²) in [5, 5.41) is 5.66. The second-order valence-electron chi connectivity index (χ2n) is 7.36. The highest BCUT2D eigenvalue weighted by Crippen LogP contribution is 2.44. The number of carbonyl (C=O) groups excluding carboxylic acids is 3. The van der Waals surface area contributed by atoms with Crippen LogP contribution in [0.25, 0.3) is 11.1 Å². The number of amides is 1. The molecule has 1 aliphatic rings. The van der Waals surface area contributed by atoms with Crippen LogP contribution >= 0.6 is 0 Å². The van der Waals surface area contributed by atoms with E-state index in [9.17, 15) is 14.4 Å². The Labute approximate surface area is 180 Å². The molecule has 0 saturated carbocycles. The highest BCUT2D eigenvalue weighted by atomic mass is 16.6. The van der Waals surface area contributed by atoms with Crippen molar-refractivity contribution in [2.45, 2.75) is 37.8 Å². The third-order valence-corrected chi connectivity index (χ3v) is 5.46. The topological polar surface area (TPSA) is 118 Å². The van der Waals surface area contributed by atoms with Crippen molar-refractivity contribution in [1.29, 1.82) is 5.53 Å². The summed E-state index contributed by atoms with van der Waals surface area (Å²) in [5.74, 6) is -1.06. The van der Waals surface area contributed by atoms with Gasteiger partial charge in [0, 0.05) is 12.3 Å². The Bertz CT molecular complexity index is 945. The van der Waals surface area contributed by atoms with Gasteiger partial charge in [-0.05, 0) is 35.6 Å². The first-order chi connectivity index (χ1) is 15.0. The van der Waals surface area contributed by atoms with E-state index in [4.69, 9.17) is 15.0 Å². The minimum atomic E-state index is -1.03. The van der Waals surface area contributed by atoms with Gasteiger partial charge in [-0.3, -0.25) is 4.79 Å². The molecule has 2 N–H and O–H groups in total. The highest BCUT2D eigenvalue weighted by molar-refractivity contribution is 5.86. The molecule has 0 spiro atoms. The van der Waals surface area contributed by atoms with E-state index in [0.29, 0.717) is 0 Å². The van der Waals surface area contributed by atoms with Crippen LogP contribution in [-0.2, 0) is 19.1 Å². The molecule has 0 aromatic heterocycles. The number of ketones is 1. The van der Waals surface area contributed by atoms with Crippen LogP contribution in [0.15, 0.2) is 53.6 Å². The summed E-state index contributed by atoms with van der Waals surface area (Å²) < 4.78 is 10.2.